The molecule has 1 saturated heterocycles. The molecule has 0 radical (unpaired) electrons. The zero-order chi connectivity index (χ0) is 13.1. The Kier molecular flexibility index (Phi) is 3.61. The Morgan fingerprint density at radius 2 is 2.42 bits per heavy atom. The Morgan fingerprint density at radius 3 is 3.16 bits per heavy atom. The second kappa shape index (κ2) is 5.54. The largest absolute Gasteiger partial charge is 0.374 e. The first-order valence-corrected chi connectivity index (χ1v) is 6.53. The van der Waals surface area contributed by atoms with E-state index in [2.05, 4.69) is 15.2 Å². The van der Waals surface area contributed by atoms with Gasteiger partial charge in [-0.25, -0.2) is 0 Å². The maximum absolute atomic E-state index is 5.78. The van der Waals surface area contributed by atoms with Gasteiger partial charge in [-0.15, -0.1) is 0 Å². The van der Waals surface area contributed by atoms with E-state index in [1.54, 1.807) is 6.20 Å². The number of nitrogens with zero attached hydrogens (tertiary/aromatic N) is 4. The molecule has 6 heteroatoms. The SMILES string of the molecule is Cc1cc(CN2CCO[C@H](Cn3cccn3)C2)on1. The molecule has 1 fully saturated rings. The van der Waals surface area contributed by atoms with Crippen LogP contribution in [0.4, 0.5) is 0 Å². The summed E-state index contributed by atoms with van der Waals surface area (Å²) in [7, 11) is 0. The van der Waals surface area contributed by atoms with Crippen LogP contribution in [0.25, 0.3) is 0 Å². The van der Waals surface area contributed by atoms with Crippen LogP contribution in [0, 0.1) is 6.92 Å². The van der Waals surface area contributed by atoms with Gasteiger partial charge in [0.05, 0.1) is 31.5 Å². The monoisotopic (exact) mass is 262 g/mol. The third-order valence-corrected chi connectivity index (χ3v) is 3.23. The Morgan fingerprint density at radius 1 is 1.47 bits per heavy atom. The molecule has 1 aliphatic heterocycles. The molecule has 2 aromatic heterocycles. The highest BCUT2D eigenvalue weighted by Crippen LogP contribution is 2.12. The second-order valence-electron chi connectivity index (χ2n) is 4.89. The third kappa shape index (κ3) is 3.21. The standard InChI is InChI=1S/C13H18N4O2/c1-11-7-12(19-15-11)8-16-5-6-18-13(9-16)10-17-4-2-3-14-17/h2-4,7,13H,5-6,8-10H2,1H3/t13-/m0/s1. The molecule has 0 spiro atoms. The van der Waals surface area contributed by atoms with Crippen LogP contribution in [0.15, 0.2) is 29.0 Å². The minimum Gasteiger partial charge on any atom is -0.374 e. The molecule has 2 aromatic rings. The van der Waals surface area contributed by atoms with Crippen LogP contribution in [-0.4, -0.2) is 45.6 Å². The number of morpholine rings is 1. The van der Waals surface area contributed by atoms with Crippen molar-refractivity contribution < 1.29 is 9.26 Å². The highest BCUT2D eigenvalue weighted by Gasteiger charge is 2.22. The van der Waals surface area contributed by atoms with Crippen molar-refractivity contribution in [3.05, 3.63) is 36.0 Å². The molecule has 3 heterocycles. The van der Waals surface area contributed by atoms with Gasteiger partial charge < -0.3 is 9.26 Å². The fourth-order valence-electron chi connectivity index (χ4n) is 2.36. The van der Waals surface area contributed by atoms with Gasteiger partial charge in [0.25, 0.3) is 0 Å². The van der Waals surface area contributed by atoms with Crippen molar-refractivity contribution in [1.82, 2.24) is 19.8 Å². The molecule has 0 N–H and O–H groups in total. The molecule has 0 bridgehead atoms. The average molecular weight is 262 g/mol. The molecule has 19 heavy (non-hydrogen) atoms. The zero-order valence-electron chi connectivity index (χ0n) is 11.0. The Bertz CT molecular complexity index is 508. The molecular weight excluding hydrogens is 244 g/mol. The van der Waals surface area contributed by atoms with Crippen molar-refractivity contribution in [3.63, 3.8) is 0 Å². The molecular formula is C13H18N4O2. The summed E-state index contributed by atoms with van der Waals surface area (Å²) in [5.74, 6) is 0.914. The molecule has 0 aliphatic carbocycles. The normalized spacial score (nSPS) is 20.8. The van der Waals surface area contributed by atoms with Crippen LogP contribution in [0.3, 0.4) is 0 Å². The van der Waals surface area contributed by atoms with Gasteiger partial charge in [0.15, 0.2) is 5.76 Å². The summed E-state index contributed by atoms with van der Waals surface area (Å²) in [6.45, 7) is 6.08. The first-order valence-electron chi connectivity index (χ1n) is 6.53. The van der Waals surface area contributed by atoms with Crippen LogP contribution < -0.4 is 0 Å². The van der Waals surface area contributed by atoms with Crippen molar-refractivity contribution in [2.45, 2.75) is 26.1 Å². The lowest BCUT2D eigenvalue weighted by Crippen LogP contribution is -2.43. The molecule has 1 aliphatic rings. The Balaban J connectivity index is 1.55. The number of rotatable bonds is 4. The van der Waals surface area contributed by atoms with Gasteiger partial charge in [0.2, 0.25) is 0 Å². The van der Waals surface area contributed by atoms with E-state index >= 15 is 0 Å². The van der Waals surface area contributed by atoms with Crippen molar-refractivity contribution in [2.75, 3.05) is 19.7 Å². The quantitative estimate of drug-likeness (QED) is 0.825. The van der Waals surface area contributed by atoms with E-state index in [-0.39, 0.29) is 6.10 Å². The molecule has 1 atom stereocenters. The lowest BCUT2D eigenvalue weighted by Gasteiger charge is -2.32. The molecule has 0 amide bonds. The summed E-state index contributed by atoms with van der Waals surface area (Å²) in [5, 5.41) is 8.13. The lowest BCUT2D eigenvalue weighted by molar-refractivity contribution is -0.0422. The number of hydrogen-bond acceptors (Lipinski definition) is 5. The maximum atomic E-state index is 5.78. The second-order valence-corrected chi connectivity index (χ2v) is 4.89. The van der Waals surface area contributed by atoms with Crippen LogP contribution in [0.5, 0.6) is 0 Å². The topological polar surface area (TPSA) is 56.3 Å². The Labute approximate surface area is 111 Å². The van der Waals surface area contributed by atoms with Crippen LogP contribution >= 0.6 is 0 Å². The summed E-state index contributed by atoms with van der Waals surface area (Å²) >= 11 is 0. The van der Waals surface area contributed by atoms with E-state index in [4.69, 9.17) is 9.26 Å². The van der Waals surface area contributed by atoms with Gasteiger partial charge in [-0.05, 0) is 13.0 Å². The summed E-state index contributed by atoms with van der Waals surface area (Å²) in [4.78, 5) is 2.33. The predicted molar refractivity (Wildman–Crippen MR) is 68.5 cm³/mol. The fraction of sp³-hybridized carbons (Fsp3) is 0.538. The predicted octanol–water partition coefficient (Wildman–Crippen LogP) is 1.08. The van der Waals surface area contributed by atoms with E-state index in [1.807, 2.05) is 29.9 Å². The summed E-state index contributed by atoms with van der Waals surface area (Å²) < 4.78 is 12.9. The smallest absolute Gasteiger partial charge is 0.150 e. The van der Waals surface area contributed by atoms with E-state index in [1.165, 1.54) is 0 Å². The number of aryl methyl sites for hydroxylation is 1. The van der Waals surface area contributed by atoms with Crippen molar-refractivity contribution in [3.8, 4) is 0 Å². The van der Waals surface area contributed by atoms with Gasteiger partial charge in [-0.2, -0.15) is 5.10 Å². The molecule has 0 aromatic carbocycles. The number of hydrogen-bond donors (Lipinski definition) is 0. The summed E-state index contributed by atoms with van der Waals surface area (Å²) in [6.07, 6.45) is 3.93. The minimum absolute atomic E-state index is 0.178. The van der Waals surface area contributed by atoms with E-state index in [0.717, 1.165) is 44.2 Å². The highest BCUT2D eigenvalue weighted by atomic mass is 16.5. The third-order valence-electron chi connectivity index (χ3n) is 3.23. The Hall–Kier alpha value is -1.66. The van der Waals surface area contributed by atoms with Gasteiger partial charge >= 0.3 is 0 Å². The molecule has 6 nitrogen and oxygen atoms in total. The zero-order valence-corrected chi connectivity index (χ0v) is 11.0. The van der Waals surface area contributed by atoms with Crippen LogP contribution in [0.2, 0.25) is 0 Å². The van der Waals surface area contributed by atoms with E-state index < -0.39 is 0 Å². The highest BCUT2D eigenvalue weighted by molar-refractivity contribution is 5.03. The summed E-state index contributed by atoms with van der Waals surface area (Å²) in [5.41, 5.74) is 0.927. The van der Waals surface area contributed by atoms with Gasteiger partial charge in [0.1, 0.15) is 0 Å². The lowest BCUT2D eigenvalue weighted by atomic mass is 10.2. The fourth-order valence-corrected chi connectivity index (χ4v) is 2.36. The molecule has 3 rings (SSSR count). The molecule has 102 valence electrons. The number of aromatic nitrogens is 3. The van der Waals surface area contributed by atoms with Crippen molar-refractivity contribution >= 4 is 0 Å². The van der Waals surface area contributed by atoms with Gasteiger partial charge in [-0.1, -0.05) is 5.16 Å². The molecule has 0 saturated carbocycles. The minimum atomic E-state index is 0.178. The first-order chi connectivity index (χ1) is 9.29. The van der Waals surface area contributed by atoms with Gasteiger partial charge in [-0.3, -0.25) is 9.58 Å². The maximum Gasteiger partial charge on any atom is 0.150 e. The van der Waals surface area contributed by atoms with Crippen molar-refractivity contribution in [1.29, 1.82) is 0 Å². The number of ether oxygens (including phenoxy) is 1. The average Bonchev–Trinajstić information content (AvgIpc) is 3.02. The summed E-state index contributed by atoms with van der Waals surface area (Å²) in [6, 6.07) is 3.91. The van der Waals surface area contributed by atoms with Crippen LogP contribution in [0.1, 0.15) is 11.5 Å². The van der Waals surface area contributed by atoms with Gasteiger partial charge in [0, 0.05) is 31.5 Å². The van der Waals surface area contributed by atoms with Crippen LogP contribution in [-0.2, 0) is 17.8 Å². The molecule has 0 unspecified atom stereocenters. The van der Waals surface area contributed by atoms with E-state index in [0.29, 0.717) is 0 Å². The van der Waals surface area contributed by atoms with Crippen molar-refractivity contribution in [2.24, 2.45) is 0 Å². The first kappa shape index (κ1) is 12.4. The van der Waals surface area contributed by atoms with E-state index in [9.17, 15) is 0 Å².